The van der Waals surface area contributed by atoms with Gasteiger partial charge in [0, 0.05) is 15.8 Å². The van der Waals surface area contributed by atoms with E-state index in [0.717, 1.165) is 16.5 Å². The van der Waals surface area contributed by atoms with Gasteiger partial charge in [0.2, 0.25) is 0 Å². The van der Waals surface area contributed by atoms with Crippen molar-refractivity contribution in [3.8, 4) is 0 Å². The molecule has 0 aliphatic carbocycles. The smallest absolute Gasteiger partial charge is 0.256 e. The number of pyridine rings is 1. The summed E-state index contributed by atoms with van der Waals surface area (Å²) in [5.41, 5.74) is 0.0171. The maximum Gasteiger partial charge on any atom is 0.256 e. The van der Waals surface area contributed by atoms with Crippen molar-refractivity contribution in [1.82, 2.24) is 4.98 Å². The number of H-pyrrole nitrogens is 1. The zero-order valence-electron chi connectivity index (χ0n) is 6.76. The van der Waals surface area contributed by atoms with Crippen LogP contribution < -0.4 is 5.56 Å². The van der Waals surface area contributed by atoms with E-state index < -0.39 is 0 Å². The Morgan fingerprint density at radius 3 is 3.08 bits per heavy atom. The van der Waals surface area contributed by atoms with Crippen LogP contribution in [0.15, 0.2) is 23.1 Å². The molecular formula is C9H9NOS. The normalized spacial score (nSPS) is 10.8. The lowest BCUT2D eigenvalue weighted by molar-refractivity contribution is 1.19. The third-order valence-corrected chi connectivity index (χ3v) is 3.10. The molecule has 3 heteroatoms. The molecule has 0 unspecified atom stereocenters. The Labute approximate surface area is 73.9 Å². The van der Waals surface area contributed by atoms with E-state index in [2.05, 4.69) is 11.9 Å². The zero-order chi connectivity index (χ0) is 8.55. The number of fused-ring (bicyclic) bond motifs is 1. The predicted octanol–water partition coefficient (Wildman–Crippen LogP) is 2.15. The number of thiophene rings is 1. The molecule has 2 aromatic rings. The maximum atomic E-state index is 11.3. The van der Waals surface area contributed by atoms with Crippen LogP contribution in [0.3, 0.4) is 0 Å². The molecule has 62 valence electrons. The van der Waals surface area contributed by atoms with Gasteiger partial charge < -0.3 is 4.98 Å². The molecule has 0 bridgehead atoms. The van der Waals surface area contributed by atoms with Crippen molar-refractivity contribution in [2.24, 2.45) is 0 Å². The second kappa shape index (κ2) is 2.75. The van der Waals surface area contributed by atoms with Gasteiger partial charge in [-0.3, -0.25) is 4.79 Å². The summed E-state index contributed by atoms with van der Waals surface area (Å²) in [5, 5.41) is 0.819. The number of aromatic nitrogens is 1. The molecule has 0 aliphatic rings. The number of hydrogen-bond acceptors (Lipinski definition) is 2. The molecule has 0 amide bonds. The largest absolute Gasteiger partial charge is 0.329 e. The summed E-state index contributed by atoms with van der Waals surface area (Å²) in [7, 11) is 0. The number of nitrogens with one attached hydrogen (secondary N) is 1. The summed E-state index contributed by atoms with van der Waals surface area (Å²) in [6.45, 7) is 2.10. The van der Waals surface area contributed by atoms with Crippen LogP contribution >= 0.6 is 11.3 Å². The van der Waals surface area contributed by atoms with Crippen molar-refractivity contribution >= 4 is 21.4 Å². The Hall–Kier alpha value is -1.09. The van der Waals surface area contributed by atoms with Crippen LogP contribution in [0, 0.1) is 0 Å². The Kier molecular flexibility index (Phi) is 1.73. The summed E-state index contributed by atoms with van der Waals surface area (Å²) in [5.74, 6) is 0. The monoisotopic (exact) mass is 179 g/mol. The van der Waals surface area contributed by atoms with Gasteiger partial charge in [-0.25, -0.2) is 0 Å². The average Bonchev–Trinajstić information content (AvgIpc) is 2.49. The van der Waals surface area contributed by atoms with E-state index >= 15 is 0 Å². The highest BCUT2D eigenvalue weighted by molar-refractivity contribution is 7.19. The minimum absolute atomic E-state index is 0.0171. The number of aryl methyl sites for hydroxylation is 1. The third-order valence-electron chi connectivity index (χ3n) is 1.85. The fourth-order valence-electron chi connectivity index (χ4n) is 1.20. The number of rotatable bonds is 1. The first-order valence-electron chi connectivity index (χ1n) is 3.91. The first-order valence-corrected chi connectivity index (χ1v) is 4.73. The number of hydrogen-bond donors (Lipinski definition) is 1. The summed E-state index contributed by atoms with van der Waals surface area (Å²) >= 11 is 1.69. The Morgan fingerprint density at radius 1 is 1.58 bits per heavy atom. The van der Waals surface area contributed by atoms with Gasteiger partial charge in [0.05, 0.1) is 5.39 Å². The molecule has 12 heavy (non-hydrogen) atoms. The van der Waals surface area contributed by atoms with Crippen LogP contribution in [0.4, 0.5) is 0 Å². The van der Waals surface area contributed by atoms with Crippen molar-refractivity contribution in [2.45, 2.75) is 13.3 Å². The van der Waals surface area contributed by atoms with Gasteiger partial charge in [0.1, 0.15) is 0 Å². The van der Waals surface area contributed by atoms with E-state index in [9.17, 15) is 4.79 Å². The summed E-state index contributed by atoms with van der Waals surface area (Å²) in [6, 6.07) is 3.92. The fourth-order valence-corrected chi connectivity index (χ4v) is 2.21. The first-order chi connectivity index (χ1) is 5.81. The number of aromatic amines is 1. The standard InChI is InChI=1S/C9H9NOS/c1-2-6-5-7-8(12-6)3-4-10-9(7)11/h3-5H,2H2,1H3,(H,10,11). The van der Waals surface area contributed by atoms with E-state index in [1.807, 2.05) is 12.1 Å². The van der Waals surface area contributed by atoms with Gasteiger partial charge in [-0.1, -0.05) is 6.92 Å². The topological polar surface area (TPSA) is 32.9 Å². The predicted molar refractivity (Wildman–Crippen MR) is 51.8 cm³/mol. The van der Waals surface area contributed by atoms with E-state index in [1.54, 1.807) is 17.5 Å². The fraction of sp³-hybridized carbons (Fsp3) is 0.222. The molecule has 0 aromatic carbocycles. The van der Waals surface area contributed by atoms with Crippen molar-refractivity contribution in [3.63, 3.8) is 0 Å². The molecule has 2 heterocycles. The lowest BCUT2D eigenvalue weighted by Gasteiger charge is -1.83. The minimum atomic E-state index is 0.0171. The van der Waals surface area contributed by atoms with E-state index in [4.69, 9.17) is 0 Å². The van der Waals surface area contributed by atoms with Crippen LogP contribution in [0.1, 0.15) is 11.8 Å². The second-order valence-corrected chi connectivity index (χ2v) is 3.82. The highest BCUT2D eigenvalue weighted by Crippen LogP contribution is 2.22. The highest BCUT2D eigenvalue weighted by atomic mass is 32.1. The SMILES string of the molecule is CCc1cc2c(=O)[nH]ccc2s1. The molecule has 2 aromatic heterocycles. The van der Waals surface area contributed by atoms with Crippen LogP contribution in [-0.2, 0) is 6.42 Å². The molecule has 0 radical (unpaired) electrons. The van der Waals surface area contributed by atoms with Crippen molar-refractivity contribution in [1.29, 1.82) is 0 Å². The van der Waals surface area contributed by atoms with Gasteiger partial charge in [-0.2, -0.15) is 0 Å². The van der Waals surface area contributed by atoms with E-state index in [-0.39, 0.29) is 5.56 Å². The van der Waals surface area contributed by atoms with Gasteiger partial charge in [0.25, 0.3) is 5.56 Å². The van der Waals surface area contributed by atoms with E-state index in [1.165, 1.54) is 4.88 Å². The first kappa shape index (κ1) is 7.55. The summed E-state index contributed by atoms with van der Waals surface area (Å²) in [6.07, 6.45) is 2.69. The van der Waals surface area contributed by atoms with Crippen LogP contribution in [0.2, 0.25) is 0 Å². The molecule has 0 aliphatic heterocycles. The molecule has 0 saturated carbocycles. The Bertz CT molecular complexity index is 455. The molecular weight excluding hydrogens is 170 g/mol. The lowest BCUT2D eigenvalue weighted by atomic mass is 10.3. The third kappa shape index (κ3) is 1.06. The van der Waals surface area contributed by atoms with Gasteiger partial charge in [-0.05, 0) is 18.6 Å². The van der Waals surface area contributed by atoms with Crippen LogP contribution in [0.5, 0.6) is 0 Å². The van der Waals surface area contributed by atoms with Gasteiger partial charge >= 0.3 is 0 Å². The van der Waals surface area contributed by atoms with Gasteiger partial charge in [0.15, 0.2) is 0 Å². The molecule has 0 spiro atoms. The van der Waals surface area contributed by atoms with E-state index in [0.29, 0.717) is 0 Å². The minimum Gasteiger partial charge on any atom is -0.329 e. The maximum absolute atomic E-state index is 11.3. The van der Waals surface area contributed by atoms with Crippen molar-refractivity contribution in [3.05, 3.63) is 33.6 Å². The van der Waals surface area contributed by atoms with Crippen LogP contribution in [0.25, 0.3) is 10.1 Å². The second-order valence-electron chi connectivity index (χ2n) is 2.65. The lowest BCUT2D eigenvalue weighted by Crippen LogP contribution is -2.01. The van der Waals surface area contributed by atoms with Gasteiger partial charge in [-0.15, -0.1) is 11.3 Å². The summed E-state index contributed by atoms with van der Waals surface area (Å²) < 4.78 is 1.08. The quantitative estimate of drug-likeness (QED) is 0.714. The van der Waals surface area contributed by atoms with Crippen molar-refractivity contribution in [2.75, 3.05) is 0 Å². The molecule has 0 fully saturated rings. The Balaban J connectivity index is 2.83. The molecule has 1 N–H and O–H groups in total. The zero-order valence-corrected chi connectivity index (χ0v) is 7.57. The molecule has 0 saturated heterocycles. The molecule has 2 nitrogen and oxygen atoms in total. The highest BCUT2D eigenvalue weighted by Gasteiger charge is 2.01. The van der Waals surface area contributed by atoms with Crippen molar-refractivity contribution < 1.29 is 0 Å². The Morgan fingerprint density at radius 2 is 2.42 bits per heavy atom. The molecule has 0 atom stereocenters. The average molecular weight is 179 g/mol. The molecule has 2 rings (SSSR count). The summed E-state index contributed by atoms with van der Waals surface area (Å²) in [4.78, 5) is 15.2. The van der Waals surface area contributed by atoms with Crippen LogP contribution in [-0.4, -0.2) is 4.98 Å².